The van der Waals surface area contributed by atoms with Crippen molar-refractivity contribution in [3.05, 3.63) is 11.7 Å². The van der Waals surface area contributed by atoms with Gasteiger partial charge in [-0.25, -0.2) is 0 Å². The Balaban J connectivity index is 2.78. The number of aromatic nitrogens is 2. The van der Waals surface area contributed by atoms with E-state index < -0.39 is 5.60 Å². The van der Waals surface area contributed by atoms with Crippen molar-refractivity contribution in [1.29, 1.82) is 0 Å². The van der Waals surface area contributed by atoms with Crippen molar-refractivity contribution < 1.29 is 9.26 Å². The third kappa shape index (κ3) is 3.02. The predicted octanol–water partition coefficient (Wildman–Crippen LogP) is 1.79. The number of nitrogens with zero attached hydrogens (tertiary/aromatic N) is 2. The molecule has 0 amide bonds. The van der Waals surface area contributed by atoms with Crippen LogP contribution in [0.3, 0.4) is 0 Å². The highest BCUT2D eigenvalue weighted by molar-refractivity contribution is 5.00. The van der Waals surface area contributed by atoms with E-state index in [1.54, 1.807) is 0 Å². The summed E-state index contributed by atoms with van der Waals surface area (Å²) >= 11 is 0. The molecule has 0 saturated heterocycles. The maximum atomic E-state index is 5.56. The second-order valence-electron chi connectivity index (χ2n) is 4.38. The fraction of sp³-hybridized carbons (Fsp3) is 0.818. The van der Waals surface area contributed by atoms with Crippen LogP contribution in [0.25, 0.3) is 0 Å². The first kappa shape index (κ1) is 13.1. The number of nitrogens with two attached hydrogens (primary N) is 1. The lowest BCUT2D eigenvalue weighted by atomic mass is 10.1. The topological polar surface area (TPSA) is 74.2 Å². The second-order valence-corrected chi connectivity index (χ2v) is 4.38. The van der Waals surface area contributed by atoms with Gasteiger partial charge in [-0.15, -0.1) is 0 Å². The molecule has 16 heavy (non-hydrogen) atoms. The van der Waals surface area contributed by atoms with Gasteiger partial charge < -0.3 is 15.0 Å². The summed E-state index contributed by atoms with van der Waals surface area (Å²) in [6, 6.07) is 0. The molecule has 0 aliphatic heterocycles. The van der Waals surface area contributed by atoms with E-state index in [2.05, 4.69) is 10.1 Å². The van der Waals surface area contributed by atoms with E-state index in [9.17, 15) is 0 Å². The molecule has 1 rings (SSSR count). The van der Waals surface area contributed by atoms with Gasteiger partial charge in [0.1, 0.15) is 5.60 Å². The first-order valence-electron chi connectivity index (χ1n) is 5.69. The van der Waals surface area contributed by atoms with Gasteiger partial charge in [0.2, 0.25) is 11.7 Å². The van der Waals surface area contributed by atoms with Crippen LogP contribution in [0, 0.1) is 0 Å². The van der Waals surface area contributed by atoms with Crippen LogP contribution >= 0.6 is 0 Å². The lowest BCUT2D eigenvalue weighted by Crippen LogP contribution is -2.23. The third-order valence-corrected chi connectivity index (χ3v) is 2.51. The first-order chi connectivity index (χ1) is 7.51. The summed E-state index contributed by atoms with van der Waals surface area (Å²) in [4.78, 5) is 4.36. The zero-order chi connectivity index (χ0) is 12.2. The summed E-state index contributed by atoms with van der Waals surface area (Å²) in [6.45, 7) is 9.07. The maximum Gasteiger partial charge on any atom is 0.229 e. The zero-order valence-electron chi connectivity index (χ0n) is 10.5. The van der Waals surface area contributed by atoms with Crippen LogP contribution in [0.2, 0.25) is 0 Å². The van der Waals surface area contributed by atoms with E-state index in [0.29, 0.717) is 24.9 Å². The van der Waals surface area contributed by atoms with Crippen molar-refractivity contribution in [3.63, 3.8) is 0 Å². The Morgan fingerprint density at radius 3 is 2.75 bits per heavy atom. The molecule has 0 bridgehead atoms. The molecular formula is C11H21N3O2. The highest BCUT2D eigenvalue weighted by Gasteiger charge is 2.28. The summed E-state index contributed by atoms with van der Waals surface area (Å²) < 4.78 is 10.8. The van der Waals surface area contributed by atoms with Crippen LogP contribution in [-0.2, 0) is 10.3 Å². The van der Waals surface area contributed by atoms with E-state index >= 15 is 0 Å². The molecule has 1 heterocycles. The van der Waals surface area contributed by atoms with Gasteiger partial charge in [-0.1, -0.05) is 12.1 Å². The normalized spacial score (nSPS) is 14.1. The van der Waals surface area contributed by atoms with Gasteiger partial charge in [0.25, 0.3) is 0 Å². The van der Waals surface area contributed by atoms with Crippen molar-refractivity contribution in [2.24, 2.45) is 5.73 Å². The molecule has 0 aliphatic rings. The molecule has 1 atom stereocenters. The third-order valence-electron chi connectivity index (χ3n) is 2.51. The molecule has 2 N–H and O–H groups in total. The van der Waals surface area contributed by atoms with Gasteiger partial charge in [0.05, 0.1) is 0 Å². The van der Waals surface area contributed by atoms with Crippen LogP contribution in [0.1, 0.15) is 51.7 Å². The monoisotopic (exact) mass is 227 g/mol. The van der Waals surface area contributed by atoms with Crippen LogP contribution in [-0.4, -0.2) is 23.3 Å². The molecule has 0 spiro atoms. The van der Waals surface area contributed by atoms with E-state index in [-0.39, 0.29) is 5.92 Å². The standard InChI is InChI=1S/C11H21N3O2/c1-5-15-11(3,4)10-13-9(16-14-10)8(2)6-7-12/h8H,5-7,12H2,1-4H3. The molecule has 0 aliphatic carbocycles. The molecule has 0 aromatic carbocycles. The summed E-state index contributed by atoms with van der Waals surface area (Å²) in [5, 5.41) is 3.96. The fourth-order valence-electron chi connectivity index (χ4n) is 1.48. The van der Waals surface area contributed by atoms with Crippen molar-refractivity contribution in [2.45, 2.75) is 45.6 Å². The maximum absolute atomic E-state index is 5.56. The summed E-state index contributed by atoms with van der Waals surface area (Å²) in [5.41, 5.74) is 4.99. The molecule has 0 fully saturated rings. The minimum Gasteiger partial charge on any atom is -0.368 e. The smallest absolute Gasteiger partial charge is 0.229 e. The molecular weight excluding hydrogens is 206 g/mol. The Bertz CT molecular complexity index is 323. The zero-order valence-corrected chi connectivity index (χ0v) is 10.5. The van der Waals surface area contributed by atoms with Gasteiger partial charge in [-0.05, 0) is 33.7 Å². The highest BCUT2D eigenvalue weighted by Crippen LogP contribution is 2.24. The van der Waals surface area contributed by atoms with Crippen molar-refractivity contribution in [1.82, 2.24) is 10.1 Å². The number of hydrogen-bond acceptors (Lipinski definition) is 5. The first-order valence-corrected chi connectivity index (χ1v) is 5.69. The van der Waals surface area contributed by atoms with Crippen LogP contribution in [0.4, 0.5) is 0 Å². The molecule has 1 unspecified atom stereocenters. The molecule has 5 nitrogen and oxygen atoms in total. The van der Waals surface area contributed by atoms with Gasteiger partial charge in [0.15, 0.2) is 0 Å². The lowest BCUT2D eigenvalue weighted by molar-refractivity contribution is -0.0221. The van der Waals surface area contributed by atoms with Gasteiger partial charge in [-0.2, -0.15) is 4.98 Å². The van der Waals surface area contributed by atoms with E-state index in [0.717, 1.165) is 6.42 Å². The lowest BCUT2D eigenvalue weighted by Gasteiger charge is -2.19. The molecule has 0 radical (unpaired) electrons. The van der Waals surface area contributed by atoms with Crippen LogP contribution in [0.15, 0.2) is 4.52 Å². The van der Waals surface area contributed by atoms with E-state index in [1.807, 2.05) is 27.7 Å². The second kappa shape index (κ2) is 5.41. The van der Waals surface area contributed by atoms with Crippen molar-refractivity contribution >= 4 is 0 Å². The summed E-state index contributed by atoms with van der Waals surface area (Å²) in [5.74, 6) is 1.42. The minimum atomic E-state index is -0.501. The Morgan fingerprint density at radius 1 is 1.50 bits per heavy atom. The summed E-state index contributed by atoms with van der Waals surface area (Å²) in [6.07, 6.45) is 0.844. The quantitative estimate of drug-likeness (QED) is 0.802. The van der Waals surface area contributed by atoms with E-state index in [4.69, 9.17) is 15.0 Å². The minimum absolute atomic E-state index is 0.198. The van der Waals surface area contributed by atoms with Crippen LogP contribution < -0.4 is 5.73 Å². The average Bonchev–Trinajstić information content (AvgIpc) is 2.67. The van der Waals surface area contributed by atoms with Gasteiger partial charge in [-0.3, -0.25) is 0 Å². The average molecular weight is 227 g/mol. The molecule has 0 saturated carbocycles. The molecule has 5 heteroatoms. The van der Waals surface area contributed by atoms with Crippen molar-refractivity contribution in [2.75, 3.05) is 13.2 Å². The Morgan fingerprint density at radius 2 is 2.19 bits per heavy atom. The largest absolute Gasteiger partial charge is 0.368 e. The highest BCUT2D eigenvalue weighted by atomic mass is 16.5. The molecule has 1 aromatic heterocycles. The van der Waals surface area contributed by atoms with Crippen LogP contribution in [0.5, 0.6) is 0 Å². The SMILES string of the molecule is CCOC(C)(C)c1noc(C(C)CCN)n1. The molecule has 92 valence electrons. The van der Waals surface area contributed by atoms with Crippen molar-refractivity contribution in [3.8, 4) is 0 Å². The Kier molecular flexibility index (Phi) is 4.44. The van der Waals surface area contributed by atoms with Gasteiger partial charge in [0, 0.05) is 12.5 Å². The summed E-state index contributed by atoms with van der Waals surface area (Å²) in [7, 11) is 0. The predicted molar refractivity (Wildman–Crippen MR) is 61.0 cm³/mol. The van der Waals surface area contributed by atoms with Gasteiger partial charge >= 0.3 is 0 Å². The fourth-order valence-corrected chi connectivity index (χ4v) is 1.48. The molecule has 1 aromatic rings. The van der Waals surface area contributed by atoms with E-state index in [1.165, 1.54) is 0 Å². The number of rotatable bonds is 6. The Hall–Kier alpha value is -0.940. The Labute approximate surface area is 96.4 Å². The number of ether oxygens (including phenoxy) is 1. The number of hydrogen-bond donors (Lipinski definition) is 1.